The highest BCUT2D eigenvalue weighted by atomic mass is 16.6. The van der Waals surface area contributed by atoms with Crippen molar-refractivity contribution in [1.29, 1.82) is 0 Å². The Labute approximate surface area is 191 Å². The molecule has 1 fully saturated rings. The van der Waals surface area contributed by atoms with Gasteiger partial charge in [-0.2, -0.15) is 5.10 Å². The summed E-state index contributed by atoms with van der Waals surface area (Å²) in [6, 6.07) is 3.25. The molecule has 0 atom stereocenters. The number of nitro groups is 2. The van der Waals surface area contributed by atoms with Crippen LogP contribution in [0.4, 0.5) is 17.1 Å². The van der Waals surface area contributed by atoms with Crippen molar-refractivity contribution >= 4 is 28.7 Å². The van der Waals surface area contributed by atoms with Crippen LogP contribution in [0, 0.1) is 25.6 Å². The molecule has 0 unspecified atom stereocenters. The third-order valence-electron chi connectivity index (χ3n) is 6.71. The van der Waals surface area contributed by atoms with E-state index in [-0.39, 0.29) is 17.0 Å². The number of non-ortho nitro benzene ring substituents is 1. The smallest absolute Gasteiger partial charge is 0.301 e. The van der Waals surface area contributed by atoms with Crippen LogP contribution in [0.5, 0.6) is 0 Å². The number of nitrogens with zero attached hydrogens (tertiary/aromatic N) is 3. The molecule has 3 rings (SSSR count). The van der Waals surface area contributed by atoms with Gasteiger partial charge in [-0.15, -0.1) is 0 Å². The number of carbonyl (C=O) groups excluding carboxylic acids is 1. The summed E-state index contributed by atoms with van der Waals surface area (Å²) in [5.41, 5.74) is 2.24. The van der Waals surface area contributed by atoms with E-state index in [4.69, 9.17) is 4.74 Å². The molecule has 11 heteroatoms. The highest BCUT2D eigenvalue weighted by Gasteiger charge is 2.43. The molecule has 11 nitrogen and oxygen atoms in total. The van der Waals surface area contributed by atoms with E-state index in [2.05, 4.69) is 15.8 Å². The van der Waals surface area contributed by atoms with Crippen molar-refractivity contribution in [2.24, 2.45) is 10.5 Å². The van der Waals surface area contributed by atoms with Crippen LogP contribution in [0.3, 0.4) is 0 Å². The van der Waals surface area contributed by atoms with Gasteiger partial charge >= 0.3 is 5.69 Å². The maximum Gasteiger partial charge on any atom is 0.301 e. The molecule has 1 heterocycles. The zero-order valence-electron chi connectivity index (χ0n) is 19.3. The van der Waals surface area contributed by atoms with E-state index in [0.717, 1.165) is 43.4 Å². The number of anilines is 1. The van der Waals surface area contributed by atoms with E-state index in [0.29, 0.717) is 18.1 Å². The molecule has 1 aromatic carbocycles. The van der Waals surface area contributed by atoms with Crippen LogP contribution < -0.4 is 10.7 Å². The van der Waals surface area contributed by atoms with Gasteiger partial charge in [0.05, 0.1) is 33.8 Å². The summed E-state index contributed by atoms with van der Waals surface area (Å²) < 4.78 is 5.83. The molecule has 1 amide bonds. The van der Waals surface area contributed by atoms with E-state index in [1.54, 1.807) is 20.8 Å². The maximum absolute atomic E-state index is 13.0. The molecule has 0 aromatic heterocycles. The number of benzene rings is 1. The Kier molecular flexibility index (Phi) is 6.71. The number of amides is 1. The van der Waals surface area contributed by atoms with E-state index in [9.17, 15) is 25.0 Å². The molecule has 1 saturated carbocycles. The fourth-order valence-corrected chi connectivity index (χ4v) is 4.25. The Bertz CT molecular complexity index is 1040. The lowest BCUT2D eigenvalue weighted by molar-refractivity contribution is -0.393. The minimum Gasteiger partial charge on any atom is -0.487 e. The minimum absolute atomic E-state index is 0.00370. The van der Waals surface area contributed by atoms with Crippen LogP contribution in [0.1, 0.15) is 59.8 Å². The Morgan fingerprint density at radius 2 is 1.82 bits per heavy atom. The average molecular weight is 460 g/mol. The molecule has 2 N–H and O–H groups in total. The van der Waals surface area contributed by atoms with Gasteiger partial charge in [0.2, 0.25) is 0 Å². The zero-order valence-corrected chi connectivity index (χ0v) is 19.3. The summed E-state index contributed by atoms with van der Waals surface area (Å²) in [6.45, 7) is 7.69. The van der Waals surface area contributed by atoms with Crippen LogP contribution in [-0.4, -0.2) is 33.6 Å². The van der Waals surface area contributed by atoms with Gasteiger partial charge in [-0.05, 0) is 52.2 Å². The zero-order chi connectivity index (χ0) is 24.4. The molecule has 1 spiro atoms. The monoisotopic (exact) mass is 459 g/mol. The number of rotatable bonds is 7. The summed E-state index contributed by atoms with van der Waals surface area (Å²) in [4.78, 5) is 33.8. The lowest BCUT2D eigenvalue weighted by Gasteiger charge is -2.32. The van der Waals surface area contributed by atoms with Crippen molar-refractivity contribution in [2.75, 3.05) is 12.0 Å². The van der Waals surface area contributed by atoms with Crippen molar-refractivity contribution < 1.29 is 19.4 Å². The summed E-state index contributed by atoms with van der Waals surface area (Å²) >= 11 is 0. The number of hydrogen-bond donors (Lipinski definition) is 2. The third-order valence-corrected chi connectivity index (χ3v) is 6.71. The first-order valence-corrected chi connectivity index (χ1v) is 10.9. The van der Waals surface area contributed by atoms with E-state index in [1.165, 1.54) is 12.5 Å². The van der Waals surface area contributed by atoms with Crippen molar-refractivity contribution in [3.63, 3.8) is 0 Å². The second-order valence-electron chi connectivity index (χ2n) is 9.19. The predicted octanol–water partition coefficient (Wildman–Crippen LogP) is 4.44. The number of ether oxygens (including phenoxy) is 1. The molecule has 33 heavy (non-hydrogen) atoms. The van der Waals surface area contributed by atoms with E-state index in [1.807, 2.05) is 6.92 Å². The molecular formula is C22H29N5O6. The molecule has 1 aliphatic carbocycles. The Morgan fingerprint density at radius 3 is 2.42 bits per heavy atom. The van der Waals surface area contributed by atoms with Gasteiger partial charge in [0.1, 0.15) is 5.69 Å². The van der Waals surface area contributed by atoms with Gasteiger partial charge in [-0.25, -0.2) is 0 Å². The normalized spacial score (nSPS) is 18.1. The fraction of sp³-hybridized carbons (Fsp3) is 0.545. The second kappa shape index (κ2) is 9.16. The lowest BCUT2D eigenvalue weighted by Crippen LogP contribution is -2.49. The molecule has 0 bridgehead atoms. The van der Waals surface area contributed by atoms with Crippen molar-refractivity contribution in [3.8, 4) is 0 Å². The number of nitro benzene ring substituents is 2. The summed E-state index contributed by atoms with van der Waals surface area (Å²) in [5, 5.41) is 29.3. The van der Waals surface area contributed by atoms with Crippen molar-refractivity contribution in [3.05, 3.63) is 49.8 Å². The molecule has 1 aromatic rings. The summed E-state index contributed by atoms with van der Waals surface area (Å²) in [7, 11) is 0. The fourth-order valence-electron chi connectivity index (χ4n) is 4.25. The number of hydrazone groups is 1. The first-order valence-electron chi connectivity index (χ1n) is 10.9. The van der Waals surface area contributed by atoms with Gasteiger partial charge in [0.25, 0.3) is 11.6 Å². The average Bonchev–Trinajstić information content (AvgIpc) is 3.07. The molecule has 0 radical (unpaired) electrons. The Balaban J connectivity index is 1.75. The molecule has 2 aliphatic rings. The Morgan fingerprint density at radius 1 is 1.15 bits per heavy atom. The SMILES string of the molecule is CC(=NNc1ccc([N+](=O)[O-])cc1[N+](=O)[O-])C(C)(C)NC(=O)C1=C(C)C2(CCCCC2)CO1. The van der Waals surface area contributed by atoms with Crippen molar-refractivity contribution in [2.45, 2.75) is 65.3 Å². The first kappa shape index (κ1) is 24.1. The van der Waals surface area contributed by atoms with Crippen LogP contribution in [0.2, 0.25) is 0 Å². The maximum atomic E-state index is 13.0. The highest BCUT2D eigenvalue weighted by Crippen LogP contribution is 2.47. The van der Waals surface area contributed by atoms with Crippen LogP contribution in [0.25, 0.3) is 0 Å². The predicted molar refractivity (Wildman–Crippen MR) is 123 cm³/mol. The molecular weight excluding hydrogens is 430 g/mol. The minimum atomic E-state index is -0.890. The molecule has 0 saturated heterocycles. The Hall–Kier alpha value is -3.50. The van der Waals surface area contributed by atoms with E-state index >= 15 is 0 Å². The quantitative estimate of drug-likeness (QED) is 0.348. The topological polar surface area (TPSA) is 149 Å². The largest absolute Gasteiger partial charge is 0.487 e. The van der Waals surface area contributed by atoms with Gasteiger partial charge in [-0.1, -0.05) is 19.3 Å². The first-order chi connectivity index (χ1) is 15.5. The standard InChI is InChI=1S/C22H29N5O6/c1-14-19(33-13-22(14)10-6-5-7-11-22)20(28)23-21(3,4)15(2)24-25-17-9-8-16(26(29)30)12-18(17)27(31)32/h8-9,12,25H,5-7,10-11,13H2,1-4H3,(H,23,28). The summed E-state index contributed by atoms with van der Waals surface area (Å²) in [5.74, 6) is 0.0348. The lowest BCUT2D eigenvalue weighted by atomic mass is 9.71. The van der Waals surface area contributed by atoms with Crippen LogP contribution in [0.15, 0.2) is 34.6 Å². The van der Waals surface area contributed by atoms with Crippen LogP contribution >= 0.6 is 0 Å². The number of hydrogen-bond acceptors (Lipinski definition) is 8. The number of carbonyl (C=O) groups is 1. The van der Waals surface area contributed by atoms with Gasteiger partial charge in [0.15, 0.2) is 5.76 Å². The van der Waals surface area contributed by atoms with Gasteiger partial charge < -0.3 is 10.1 Å². The number of nitrogens with one attached hydrogen (secondary N) is 2. The molecule has 1 aliphatic heterocycles. The van der Waals surface area contributed by atoms with Crippen molar-refractivity contribution in [1.82, 2.24) is 5.32 Å². The van der Waals surface area contributed by atoms with Gasteiger partial charge in [-0.3, -0.25) is 30.4 Å². The van der Waals surface area contributed by atoms with E-state index < -0.39 is 26.8 Å². The van der Waals surface area contributed by atoms with Gasteiger partial charge in [0, 0.05) is 11.5 Å². The highest BCUT2D eigenvalue weighted by molar-refractivity contribution is 6.00. The third kappa shape index (κ3) is 4.96. The van der Waals surface area contributed by atoms with Crippen LogP contribution in [-0.2, 0) is 9.53 Å². The molecule has 178 valence electrons. The summed E-state index contributed by atoms with van der Waals surface area (Å²) in [6.07, 6.45) is 5.52. The second-order valence-corrected chi connectivity index (χ2v) is 9.19.